The SMILES string of the molecule is COc1cc(C(=O)OCC(=O)NC[C@@H]2CCCO2)cc(OC)c1Br. The Hall–Kier alpha value is -1.80. The van der Waals surface area contributed by atoms with Gasteiger partial charge in [0.2, 0.25) is 0 Å². The summed E-state index contributed by atoms with van der Waals surface area (Å²) in [6, 6.07) is 3.03. The second-order valence-electron chi connectivity index (χ2n) is 5.21. The van der Waals surface area contributed by atoms with Gasteiger partial charge in [0.05, 0.1) is 25.9 Å². The van der Waals surface area contributed by atoms with Crippen LogP contribution in [0.3, 0.4) is 0 Å². The molecule has 0 radical (unpaired) electrons. The van der Waals surface area contributed by atoms with E-state index in [1.807, 2.05) is 0 Å². The molecule has 1 aliphatic heterocycles. The summed E-state index contributed by atoms with van der Waals surface area (Å²) < 4.78 is 21.4. The lowest BCUT2D eigenvalue weighted by Crippen LogP contribution is -2.34. The first kappa shape index (κ1) is 18.5. The van der Waals surface area contributed by atoms with Crippen molar-refractivity contribution in [2.75, 3.05) is 34.0 Å². The average Bonchev–Trinajstić information content (AvgIpc) is 3.11. The number of methoxy groups -OCH3 is 2. The minimum Gasteiger partial charge on any atom is -0.495 e. The van der Waals surface area contributed by atoms with E-state index in [1.54, 1.807) is 0 Å². The van der Waals surface area contributed by atoms with Crippen LogP contribution in [-0.4, -0.2) is 52.0 Å². The second-order valence-corrected chi connectivity index (χ2v) is 6.00. The number of amides is 1. The van der Waals surface area contributed by atoms with Crippen molar-refractivity contribution in [1.82, 2.24) is 5.32 Å². The minimum absolute atomic E-state index is 0.0460. The fraction of sp³-hybridized carbons (Fsp3) is 0.500. The first-order chi connectivity index (χ1) is 11.5. The quantitative estimate of drug-likeness (QED) is 0.702. The molecule has 0 unspecified atom stereocenters. The van der Waals surface area contributed by atoms with E-state index in [-0.39, 0.29) is 24.2 Å². The Morgan fingerprint density at radius 3 is 2.50 bits per heavy atom. The summed E-state index contributed by atoms with van der Waals surface area (Å²) in [5, 5.41) is 2.69. The monoisotopic (exact) mass is 401 g/mol. The summed E-state index contributed by atoms with van der Waals surface area (Å²) in [6.07, 6.45) is 1.98. The van der Waals surface area contributed by atoms with E-state index in [0.717, 1.165) is 19.4 Å². The Morgan fingerprint density at radius 1 is 1.29 bits per heavy atom. The molecular weight excluding hydrogens is 382 g/mol. The van der Waals surface area contributed by atoms with Crippen LogP contribution in [0, 0.1) is 0 Å². The normalized spacial score (nSPS) is 16.5. The zero-order valence-electron chi connectivity index (χ0n) is 13.6. The molecule has 0 saturated carbocycles. The smallest absolute Gasteiger partial charge is 0.338 e. The molecule has 132 valence electrons. The maximum atomic E-state index is 12.1. The second kappa shape index (κ2) is 8.89. The molecule has 0 spiro atoms. The number of hydrogen-bond donors (Lipinski definition) is 1. The molecule has 1 atom stereocenters. The Morgan fingerprint density at radius 2 is 1.96 bits per heavy atom. The molecule has 0 bridgehead atoms. The molecule has 2 rings (SSSR count). The van der Waals surface area contributed by atoms with Gasteiger partial charge in [-0.15, -0.1) is 0 Å². The molecule has 1 aromatic carbocycles. The molecule has 1 heterocycles. The summed E-state index contributed by atoms with van der Waals surface area (Å²) in [5.74, 6) is -0.130. The van der Waals surface area contributed by atoms with Crippen LogP contribution in [0.15, 0.2) is 16.6 Å². The maximum absolute atomic E-state index is 12.1. The fourth-order valence-corrected chi connectivity index (χ4v) is 2.84. The average molecular weight is 402 g/mol. The third-order valence-corrected chi connectivity index (χ3v) is 4.35. The van der Waals surface area contributed by atoms with Gasteiger partial charge >= 0.3 is 5.97 Å². The number of carbonyl (C=O) groups excluding carboxylic acids is 2. The number of carbonyl (C=O) groups is 2. The Labute approximate surface area is 148 Å². The predicted octanol–water partition coefficient (Wildman–Crippen LogP) is 1.92. The number of hydrogen-bond acceptors (Lipinski definition) is 6. The Bertz CT molecular complexity index is 575. The van der Waals surface area contributed by atoms with Crippen LogP contribution in [-0.2, 0) is 14.3 Å². The van der Waals surface area contributed by atoms with Crippen molar-refractivity contribution in [1.29, 1.82) is 0 Å². The van der Waals surface area contributed by atoms with Crippen molar-refractivity contribution in [3.63, 3.8) is 0 Å². The van der Waals surface area contributed by atoms with Gasteiger partial charge in [-0.2, -0.15) is 0 Å². The lowest BCUT2D eigenvalue weighted by Gasteiger charge is -2.12. The summed E-state index contributed by atoms with van der Waals surface area (Å²) >= 11 is 3.32. The highest BCUT2D eigenvalue weighted by Gasteiger charge is 2.18. The molecule has 1 saturated heterocycles. The van der Waals surface area contributed by atoms with E-state index < -0.39 is 5.97 Å². The zero-order valence-corrected chi connectivity index (χ0v) is 15.2. The molecule has 1 fully saturated rings. The van der Waals surface area contributed by atoms with Gasteiger partial charge in [0.15, 0.2) is 6.61 Å². The van der Waals surface area contributed by atoms with Crippen LogP contribution in [0.25, 0.3) is 0 Å². The molecule has 24 heavy (non-hydrogen) atoms. The topological polar surface area (TPSA) is 83.1 Å². The van der Waals surface area contributed by atoms with Gasteiger partial charge in [-0.25, -0.2) is 4.79 Å². The van der Waals surface area contributed by atoms with E-state index >= 15 is 0 Å². The van der Waals surface area contributed by atoms with Crippen LogP contribution in [0.4, 0.5) is 0 Å². The molecular formula is C16H20BrNO6. The van der Waals surface area contributed by atoms with Gasteiger partial charge in [-0.05, 0) is 40.9 Å². The van der Waals surface area contributed by atoms with Gasteiger partial charge in [-0.1, -0.05) is 0 Å². The van der Waals surface area contributed by atoms with Crippen LogP contribution >= 0.6 is 15.9 Å². The lowest BCUT2D eigenvalue weighted by atomic mass is 10.2. The number of rotatable bonds is 7. The molecule has 0 aromatic heterocycles. The lowest BCUT2D eigenvalue weighted by molar-refractivity contribution is -0.124. The van der Waals surface area contributed by atoms with E-state index in [2.05, 4.69) is 21.2 Å². The highest BCUT2D eigenvalue weighted by molar-refractivity contribution is 9.10. The number of benzene rings is 1. The largest absolute Gasteiger partial charge is 0.495 e. The van der Waals surface area contributed by atoms with Crippen LogP contribution < -0.4 is 14.8 Å². The molecule has 0 aliphatic carbocycles. The third-order valence-electron chi connectivity index (χ3n) is 3.57. The summed E-state index contributed by atoms with van der Waals surface area (Å²) in [5.41, 5.74) is 0.235. The van der Waals surface area contributed by atoms with Gasteiger partial charge < -0.3 is 24.3 Å². The van der Waals surface area contributed by atoms with Gasteiger partial charge in [0.1, 0.15) is 16.0 Å². The van der Waals surface area contributed by atoms with Gasteiger partial charge in [-0.3, -0.25) is 4.79 Å². The Balaban J connectivity index is 1.88. The van der Waals surface area contributed by atoms with E-state index in [4.69, 9.17) is 18.9 Å². The highest BCUT2D eigenvalue weighted by Crippen LogP contribution is 2.35. The van der Waals surface area contributed by atoms with Crippen molar-refractivity contribution in [2.24, 2.45) is 0 Å². The first-order valence-corrected chi connectivity index (χ1v) is 8.31. The summed E-state index contributed by atoms with van der Waals surface area (Å²) in [6.45, 7) is 0.797. The van der Waals surface area contributed by atoms with E-state index in [9.17, 15) is 9.59 Å². The van der Waals surface area contributed by atoms with Crippen molar-refractivity contribution in [3.05, 3.63) is 22.2 Å². The van der Waals surface area contributed by atoms with Crippen LogP contribution in [0.5, 0.6) is 11.5 Å². The van der Waals surface area contributed by atoms with Crippen molar-refractivity contribution in [2.45, 2.75) is 18.9 Å². The molecule has 8 heteroatoms. The molecule has 1 aliphatic rings. The van der Waals surface area contributed by atoms with Crippen LogP contribution in [0.1, 0.15) is 23.2 Å². The number of esters is 1. The number of ether oxygens (including phenoxy) is 4. The minimum atomic E-state index is -0.633. The van der Waals surface area contributed by atoms with Gasteiger partial charge in [0.25, 0.3) is 5.91 Å². The predicted molar refractivity (Wildman–Crippen MR) is 89.5 cm³/mol. The van der Waals surface area contributed by atoms with Crippen molar-refractivity contribution in [3.8, 4) is 11.5 Å². The standard InChI is InChI=1S/C16H20BrNO6/c1-21-12-6-10(7-13(22-2)15(12)17)16(20)24-9-14(19)18-8-11-4-3-5-23-11/h6-7,11H,3-5,8-9H2,1-2H3,(H,18,19)/t11-/m0/s1. The number of halogens is 1. The fourth-order valence-electron chi connectivity index (χ4n) is 2.29. The molecule has 1 amide bonds. The zero-order chi connectivity index (χ0) is 17.5. The van der Waals surface area contributed by atoms with E-state index in [1.165, 1.54) is 26.4 Å². The molecule has 1 aromatic rings. The van der Waals surface area contributed by atoms with Crippen molar-refractivity contribution >= 4 is 27.8 Å². The summed E-state index contributed by atoms with van der Waals surface area (Å²) in [4.78, 5) is 23.8. The summed E-state index contributed by atoms with van der Waals surface area (Å²) in [7, 11) is 2.96. The maximum Gasteiger partial charge on any atom is 0.338 e. The molecule has 7 nitrogen and oxygen atoms in total. The Kier molecular flexibility index (Phi) is 6.86. The third kappa shape index (κ3) is 4.85. The van der Waals surface area contributed by atoms with Crippen LogP contribution in [0.2, 0.25) is 0 Å². The van der Waals surface area contributed by atoms with E-state index in [0.29, 0.717) is 22.5 Å². The number of nitrogens with one attached hydrogen (secondary N) is 1. The molecule has 1 N–H and O–H groups in total. The first-order valence-electron chi connectivity index (χ1n) is 7.52. The van der Waals surface area contributed by atoms with Gasteiger partial charge in [0, 0.05) is 13.2 Å². The van der Waals surface area contributed by atoms with Crippen molar-refractivity contribution < 1.29 is 28.5 Å². The highest BCUT2D eigenvalue weighted by atomic mass is 79.9.